The summed E-state index contributed by atoms with van der Waals surface area (Å²) in [5, 5.41) is 14.1. The average Bonchev–Trinajstić information content (AvgIpc) is 2.40. The third-order valence-electron chi connectivity index (χ3n) is 2.96. The maximum absolute atomic E-state index is 10.9. The van der Waals surface area contributed by atoms with Gasteiger partial charge in [0.2, 0.25) is 0 Å². The van der Waals surface area contributed by atoms with Gasteiger partial charge in [0, 0.05) is 31.6 Å². The molecule has 0 amide bonds. The van der Waals surface area contributed by atoms with Crippen LogP contribution in [0.2, 0.25) is 0 Å². The fourth-order valence-corrected chi connectivity index (χ4v) is 3.65. The topological polar surface area (TPSA) is 55.2 Å². The number of hydrogen-bond donors (Lipinski definition) is 1. The van der Waals surface area contributed by atoms with Crippen LogP contribution in [0, 0.1) is 10.1 Å². The van der Waals surface area contributed by atoms with Gasteiger partial charge in [0.25, 0.3) is 5.69 Å². The molecule has 2 aromatic rings. The van der Waals surface area contributed by atoms with Crippen LogP contribution in [0.5, 0.6) is 0 Å². The van der Waals surface area contributed by atoms with Crippen LogP contribution < -0.4 is 5.32 Å². The molecule has 0 aliphatic rings. The van der Waals surface area contributed by atoms with Crippen LogP contribution in [0.25, 0.3) is 0 Å². The van der Waals surface area contributed by atoms with E-state index < -0.39 is 4.92 Å². The summed E-state index contributed by atoms with van der Waals surface area (Å²) in [6, 6.07) is 10.6. The zero-order valence-corrected chi connectivity index (χ0v) is 15.7. The van der Waals surface area contributed by atoms with Crippen molar-refractivity contribution in [2.75, 3.05) is 5.32 Å². The second kappa shape index (κ2) is 6.89. The molecule has 0 fully saturated rings. The van der Waals surface area contributed by atoms with Gasteiger partial charge in [0.15, 0.2) is 0 Å². The van der Waals surface area contributed by atoms with E-state index in [1.165, 1.54) is 12.1 Å². The van der Waals surface area contributed by atoms with Crippen LogP contribution in [0.4, 0.5) is 11.4 Å². The van der Waals surface area contributed by atoms with E-state index in [4.69, 9.17) is 0 Å². The van der Waals surface area contributed by atoms with Crippen LogP contribution in [0.3, 0.4) is 0 Å². The monoisotopic (exact) mass is 476 g/mol. The first-order chi connectivity index (χ1) is 9.88. The quantitative estimate of drug-likeness (QED) is 0.429. The van der Waals surface area contributed by atoms with E-state index in [0.29, 0.717) is 5.69 Å². The van der Waals surface area contributed by atoms with Crippen molar-refractivity contribution in [3.63, 3.8) is 0 Å². The molecule has 1 atom stereocenters. The van der Waals surface area contributed by atoms with Gasteiger partial charge >= 0.3 is 0 Å². The van der Waals surface area contributed by atoms with Gasteiger partial charge in [-0.3, -0.25) is 10.1 Å². The maximum atomic E-state index is 10.9. The van der Waals surface area contributed by atoms with Gasteiger partial charge in [-0.25, -0.2) is 0 Å². The van der Waals surface area contributed by atoms with Gasteiger partial charge < -0.3 is 5.32 Å². The summed E-state index contributed by atoms with van der Waals surface area (Å²) in [4.78, 5) is 10.5. The second-order valence-electron chi connectivity index (χ2n) is 4.45. The minimum absolute atomic E-state index is 0.00854. The zero-order valence-electron chi connectivity index (χ0n) is 10.9. The van der Waals surface area contributed by atoms with E-state index in [1.54, 1.807) is 6.07 Å². The average molecular weight is 479 g/mol. The van der Waals surface area contributed by atoms with Crippen molar-refractivity contribution in [3.8, 4) is 0 Å². The standard InChI is InChI=1S/C14H11Br3N2O2/c1-8(11-4-2-9(15)6-13(11)17)18-14-7-10(19(20)21)3-5-12(14)16/h2-8,18H,1H3. The number of hydrogen-bond acceptors (Lipinski definition) is 3. The van der Waals surface area contributed by atoms with E-state index in [9.17, 15) is 10.1 Å². The summed E-state index contributed by atoms with van der Waals surface area (Å²) in [6.45, 7) is 2.00. The number of anilines is 1. The lowest BCUT2D eigenvalue weighted by molar-refractivity contribution is -0.384. The highest BCUT2D eigenvalue weighted by atomic mass is 79.9. The van der Waals surface area contributed by atoms with Gasteiger partial charge in [-0.2, -0.15) is 0 Å². The molecule has 2 aromatic carbocycles. The zero-order chi connectivity index (χ0) is 15.6. The Hall–Kier alpha value is -0.920. The molecule has 0 bridgehead atoms. The van der Waals surface area contributed by atoms with Crippen LogP contribution >= 0.6 is 47.8 Å². The molecule has 21 heavy (non-hydrogen) atoms. The molecule has 1 unspecified atom stereocenters. The van der Waals surface area contributed by atoms with Crippen molar-refractivity contribution in [3.05, 3.63) is 65.5 Å². The number of nitro benzene ring substituents is 1. The van der Waals surface area contributed by atoms with Gasteiger partial charge in [0.05, 0.1) is 10.6 Å². The number of halogens is 3. The second-order valence-corrected chi connectivity index (χ2v) is 7.08. The number of rotatable bonds is 4. The molecule has 0 aliphatic heterocycles. The number of benzene rings is 2. The Morgan fingerprint density at radius 2 is 1.81 bits per heavy atom. The van der Waals surface area contributed by atoms with Crippen LogP contribution in [-0.2, 0) is 0 Å². The Kier molecular flexibility index (Phi) is 5.40. The number of nitro groups is 1. The van der Waals surface area contributed by atoms with E-state index in [-0.39, 0.29) is 11.7 Å². The van der Waals surface area contributed by atoms with Crippen molar-refractivity contribution < 1.29 is 4.92 Å². The molecule has 0 saturated heterocycles. The van der Waals surface area contributed by atoms with Crippen LogP contribution in [0.1, 0.15) is 18.5 Å². The molecule has 2 rings (SSSR count). The Labute approximate surface area is 147 Å². The Bertz CT molecular complexity index is 692. The molecule has 0 heterocycles. The SMILES string of the molecule is CC(Nc1cc([N+](=O)[O-])ccc1Br)c1ccc(Br)cc1Br. The summed E-state index contributed by atoms with van der Waals surface area (Å²) < 4.78 is 2.74. The third kappa shape index (κ3) is 4.05. The van der Waals surface area contributed by atoms with Crippen molar-refractivity contribution in [1.82, 2.24) is 0 Å². The molecule has 1 N–H and O–H groups in total. The maximum Gasteiger partial charge on any atom is 0.271 e. The number of nitrogens with zero attached hydrogens (tertiary/aromatic N) is 1. The number of non-ortho nitro benzene ring substituents is 1. The lowest BCUT2D eigenvalue weighted by atomic mass is 10.1. The van der Waals surface area contributed by atoms with E-state index >= 15 is 0 Å². The summed E-state index contributed by atoms with van der Waals surface area (Å²) >= 11 is 10.4. The molecule has 7 heteroatoms. The lowest BCUT2D eigenvalue weighted by Gasteiger charge is -2.18. The Morgan fingerprint density at radius 1 is 1.10 bits per heavy atom. The Balaban J connectivity index is 2.28. The molecule has 0 saturated carbocycles. The summed E-state index contributed by atoms with van der Waals surface area (Å²) in [6.07, 6.45) is 0. The minimum Gasteiger partial charge on any atom is -0.377 e. The van der Waals surface area contributed by atoms with Crippen molar-refractivity contribution in [1.29, 1.82) is 0 Å². The predicted molar refractivity (Wildman–Crippen MR) is 94.7 cm³/mol. The van der Waals surface area contributed by atoms with Crippen molar-refractivity contribution in [2.45, 2.75) is 13.0 Å². The first kappa shape index (κ1) is 16.5. The first-order valence-electron chi connectivity index (χ1n) is 6.04. The fourth-order valence-electron chi connectivity index (χ4n) is 1.90. The molecule has 4 nitrogen and oxygen atoms in total. The van der Waals surface area contributed by atoms with Crippen molar-refractivity contribution >= 4 is 59.2 Å². The molecule has 0 aromatic heterocycles. The summed E-state index contributed by atoms with van der Waals surface area (Å²) in [7, 11) is 0. The molecule has 0 aliphatic carbocycles. The first-order valence-corrected chi connectivity index (χ1v) is 8.42. The normalized spacial score (nSPS) is 12.0. The lowest BCUT2D eigenvalue weighted by Crippen LogP contribution is -2.08. The molecule has 0 radical (unpaired) electrons. The highest BCUT2D eigenvalue weighted by Gasteiger charge is 2.14. The smallest absolute Gasteiger partial charge is 0.271 e. The van der Waals surface area contributed by atoms with E-state index in [1.807, 2.05) is 25.1 Å². The fraction of sp³-hybridized carbons (Fsp3) is 0.143. The molecule has 0 spiro atoms. The highest BCUT2D eigenvalue weighted by molar-refractivity contribution is 9.11. The molecular formula is C14H11Br3N2O2. The number of nitrogens with one attached hydrogen (secondary N) is 1. The predicted octanol–water partition coefficient (Wildman–Crippen LogP) is 6.06. The van der Waals surface area contributed by atoms with E-state index in [2.05, 4.69) is 53.1 Å². The molecular weight excluding hydrogens is 468 g/mol. The van der Waals surface area contributed by atoms with Gasteiger partial charge in [0.1, 0.15) is 0 Å². The Morgan fingerprint density at radius 3 is 2.43 bits per heavy atom. The van der Waals surface area contributed by atoms with Gasteiger partial charge in [-0.05, 0) is 46.6 Å². The van der Waals surface area contributed by atoms with Gasteiger partial charge in [-0.15, -0.1) is 0 Å². The van der Waals surface area contributed by atoms with E-state index in [0.717, 1.165) is 19.0 Å². The van der Waals surface area contributed by atoms with Crippen LogP contribution in [0.15, 0.2) is 49.8 Å². The summed E-state index contributed by atoms with van der Waals surface area (Å²) in [5.74, 6) is 0. The minimum atomic E-state index is -0.405. The molecule has 110 valence electrons. The third-order valence-corrected chi connectivity index (χ3v) is 4.83. The highest BCUT2D eigenvalue weighted by Crippen LogP contribution is 2.33. The van der Waals surface area contributed by atoms with Gasteiger partial charge in [-0.1, -0.05) is 37.9 Å². The largest absolute Gasteiger partial charge is 0.377 e. The summed E-state index contributed by atoms with van der Waals surface area (Å²) in [5.41, 5.74) is 1.81. The van der Waals surface area contributed by atoms with Crippen molar-refractivity contribution in [2.24, 2.45) is 0 Å². The van der Waals surface area contributed by atoms with Crippen LogP contribution in [-0.4, -0.2) is 4.92 Å².